The van der Waals surface area contributed by atoms with Gasteiger partial charge < -0.3 is 0 Å². The Balaban J connectivity index is 5.03. The van der Waals surface area contributed by atoms with E-state index in [1.54, 1.807) is 0 Å². The van der Waals surface area contributed by atoms with Crippen LogP contribution in [0.25, 0.3) is 0 Å². The first kappa shape index (κ1) is 21.4. The Bertz CT molecular complexity index is 451. The number of hydrogen-bond donors (Lipinski definition) is 1. The van der Waals surface area contributed by atoms with E-state index in [1.165, 1.54) is 0 Å². The van der Waals surface area contributed by atoms with E-state index >= 15 is 0 Å². The van der Waals surface area contributed by atoms with E-state index in [2.05, 4.69) is 0 Å². The molecule has 0 aliphatic heterocycles. The summed E-state index contributed by atoms with van der Waals surface area (Å²) in [5, 5.41) is -6.50. The van der Waals surface area contributed by atoms with Crippen LogP contribution in [-0.2, 0) is 10.1 Å². The van der Waals surface area contributed by atoms with Crippen molar-refractivity contribution in [2.75, 3.05) is 0 Å². The van der Waals surface area contributed by atoms with E-state index in [9.17, 15) is 39.2 Å². The number of unbranched alkanes of at least 4 members (excludes halogenated alkanes) is 4. The Morgan fingerprint density at radius 2 is 1.41 bits per heavy atom. The second kappa shape index (κ2) is 7.33. The van der Waals surface area contributed by atoms with Crippen LogP contribution in [0.3, 0.4) is 0 Å². The monoisotopic (exact) mass is 362 g/mol. The Labute approximate surface area is 123 Å². The van der Waals surface area contributed by atoms with Gasteiger partial charge in [-0.15, -0.1) is 0 Å². The highest BCUT2D eigenvalue weighted by Gasteiger charge is 2.79. The fraction of sp³-hybridized carbons (Fsp3) is 1.00. The smallest absolute Gasteiger partial charge is 0.281 e. The van der Waals surface area contributed by atoms with Crippen molar-refractivity contribution in [1.29, 1.82) is 0 Å². The van der Waals surface area contributed by atoms with Gasteiger partial charge in [0.15, 0.2) is 6.17 Å². The van der Waals surface area contributed by atoms with Crippen molar-refractivity contribution in [3.63, 3.8) is 0 Å². The minimum Gasteiger partial charge on any atom is -0.281 e. The van der Waals surface area contributed by atoms with E-state index in [0.717, 1.165) is 6.42 Å². The van der Waals surface area contributed by atoms with E-state index in [-0.39, 0.29) is 12.8 Å². The molecule has 0 saturated carbocycles. The SMILES string of the molecule is CCCCCCCC(F)C(F)(F)C(F)(F)C(F)(F)S(=O)(=O)O. The second-order valence-corrected chi connectivity index (χ2v) is 6.32. The van der Waals surface area contributed by atoms with Crippen molar-refractivity contribution >= 4 is 10.1 Å². The molecular weight excluding hydrogens is 345 g/mol. The van der Waals surface area contributed by atoms with E-state index in [1.807, 2.05) is 6.92 Å². The lowest BCUT2D eigenvalue weighted by atomic mass is 10.0. The summed E-state index contributed by atoms with van der Waals surface area (Å²) in [5.74, 6) is -12.5. The quantitative estimate of drug-likeness (QED) is 0.355. The fourth-order valence-electron chi connectivity index (χ4n) is 1.66. The van der Waals surface area contributed by atoms with Crippen LogP contribution in [0.5, 0.6) is 0 Å². The average molecular weight is 362 g/mol. The maximum Gasteiger partial charge on any atom is 0.438 e. The van der Waals surface area contributed by atoms with Crippen molar-refractivity contribution in [2.24, 2.45) is 0 Å². The van der Waals surface area contributed by atoms with Gasteiger partial charge in [0.05, 0.1) is 0 Å². The summed E-state index contributed by atoms with van der Waals surface area (Å²) < 4.78 is 120. The zero-order chi connectivity index (χ0) is 17.8. The van der Waals surface area contributed by atoms with Crippen molar-refractivity contribution < 1.29 is 43.7 Å². The third kappa shape index (κ3) is 4.24. The number of halogens is 7. The van der Waals surface area contributed by atoms with Crippen LogP contribution in [0, 0.1) is 0 Å². The Morgan fingerprint density at radius 3 is 1.82 bits per heavy atom. The maximum atomic E-state index is 13.3. The topological polar surface area (TPSA) is 54.4 Å². The first-order valence-corrected chi connectivity index (χ1v) is 7.92. The van der Waals surface area contributed by atoms with Gasteiger partial charge in [-0.05, 0) is 6.42 Å². The highest BCUT2D eigenvalue weighted by atomic mass is 32.2. The maximum absolute atomic E-state index is 13.3. The van der Waals surface area contributed by atoms with Crippen LogP contribution in [0.15, 0.2) is 0 Å². The molecule has 0 fully saturated rings. The lowest BCUT2D eigenvalue weighted by Crippen LogP contribution is -2.61. The van der Waals surface area contributed by atoms with E-state index in [0.29, 0.717) is 12.8 Å². The molecule has 0 bridgehead atoms. The molecule has 0 saturated heterocycles. The molecular formula is C11H17F7O3S. The summed E-state index contributed by atoms with van der Waals surface area (Å²) in [6.07, 6.45) is -2.77. The number of alkyl halides is 7. The number of rotatable bonds is 10. The molecule has 0 aliphatic rings. The predicted octanol–water partition coefficient (Wildman–Crippen LogP) is 4.44. The molecule has 0 spiro atoms. The minimum atomic E-state index is -6.84. The normalized spacial score (nSPS) is 15.9. The fourth-order valence-corrected chi connectivity index (χ4v) is 2.12. The van der Waals surface area contributed by atoms with Gasteiger partial charge >= 0.3 is 27.2 Å². The van der Waals surface area contributed by atoms with Gasteiger partial charge in [0.2, 0.25) is 0 Å². The Kier molecular flexibility index (Phi) is 7.13. The minimum absolute atomic E-state index is 0.241. The molecule has 0 aromatic heterocycles. The summed E-state index contributed by atoms with van der Waals surface area (Å²) in [6, 6.07) is 0. The van der Waals surface area contributed by atoms with Gasteiger partial charge in [-0.3, -0.25) is 4.55 Å². The summed E-state index contributed by atoms with van der Waals surface area (Å²) in [6.45, 7) is 1.84. The van der Waals surface area contributed by atoms with Crippen LogP contribution >= 0.6 is 0 Å². The van der Waals surface area contributed by atoms with Crippen LogP contribution in [0.2, 0.25) is 0 Å². The van der Waals surface area contributed by atoms with Crippen molar-refractivity contribution in [1.82, 2.24) is 0 Å². The first-order chi connectivity index (χ1) is 9.73. The van der Waals surface area contributed by atoms with Crippen molar-refractivity contribution in [2.45, 2.75) is 68.7 Å². The first-order valence-electron chi connectivity index (χ1n) is 6.48. The lowest BCUT2D eigenvalue weighted by molar-refractivity contribution is -0.300. The zero-order valence-corrected chi connectivity index (χ0v) is 12.5. The average Bonchev–Trinajstić information content (AvgIpc) is 2.36. The van der Waals surface area contributed by atoms with Crippen molar-refractivity contribution in [3.8, 4) is 0 Å². The molecule has 0 aromatic rings. The highest BCUT2D eigenvalue weighted by molar-refractivity contribution is 7.87. The molecule has 0 rings (SSSR count). The third-order valence-electron chi connectivity index (χ3n) is 3.06. The Morgan fingerprint density at radius 1 is 0.955 bits per heavy atom. The largest absolute Gasteiger partial charge is 0.438 e. The molecule has 0 heterocycles. The highest BCUT2D eigenvalue weighted by Crippen LogP contribution is 2.50. The zero-order valence-electron chi connectivity index (χ0n) is 11.6. The van der Waals surface area contributed by atoms with Gasteiger partial charge in [-0.25, -0.2) is 4.39 Å². The lowest BCUT2D eigenvalue weighted by Gasteiger charge is -2.32. The van der Waals surface area contributed by atoms with Gasteiger partial charge in [0.25, 0.3) is 0 Å². The second-order valence-electron chi connectivity index (χ2n) is 4.86. The van der Waals surface area contributed by atoms with Gasteiger partial charge in [-0.2, -0.15) is 34.8 Å². The Hall–Kier alpha value is -0.580. The summed E-state index contributed by atoms with van der Waals surface area (Å²) >= 11 is 0. The molecule has 1 N–H and O–H groups in total. The third-order valence-corrected chi connectivity index (χ3v) is 3.97. The van der Waals surface area contributed by atoms with Gasteiger partial charge in [0.1, 0.15) is 0 Å². The molecule has 1 atom stereocenters. The standard InChI is InChI=1S/C11H17F7O3S/c1-2-3-4-5-6-7-8(12)9(13,14)10(15,16)11(17,18)22(19,20)21/h8H,2-7H2,1H3,(H,19,20,21). The van der Waals surface area contributed by atoms with Crippen LogP contribution in [0.1, 0.15) is 45.4 Å². The molecule has 11 heteroatoms. The number of hydrogen-bond acceptors (Lipinski definition) is 2. The van der Waals surface area contributed by atoms with Gasteiger partial charge in [0, 0.05) is 0 Å². The summed E-state index contributed by atoms with van der Waals surface area (Å²) in [5.41, 5.74) is 0. The van der Waals surface area contributed by atoms with Crippen LogP contribution in [-0.4, -0.2) is 36.2 Å². The molecule has 0 amide bonds. The molecule has 0 aliphatic carbocycles. The van der Waals surface area contributed by atoms with Crippen molar-refractivity contribution in [3.05, 3.63) is 0 Å². The molecule has 0 aromatic carbocycles. The van der Waals surface area contributed by atoms with E-state index < -0.39 is 39.8 Å². The van der Waals surface area contributed by atoms with Crippen LogP contribution < -0.4 is 0 Å². The predicted molar refractivity (Wildman–Crippen MR) is 64.7 cm³/mol. The molecule has 3 nitrogen and oxygen atoms in total. The van der Waals surface area contributed by atoms with Gasteiger partial charge in [-0.1, -0.05) is 39.0 Å². The molecule has 0 radical (unpaired) electrons. The summed E-state index contributed by atoms with van der Waals surface area (Å²) in [4.78, 5) is 0. The van der Waals surface area contributed by atoms with Crippen LogP contribution in [0.4, 0.5) is 30.7 Å². The molecule has 1 unspecified atom stereocenters. The summed E-state index contributed by atoms with van der Waals surface area (Å²) in [7, 11) is -6.84. The van der Waals surface area contributed by atoms with E-state index in [4.69, 9.17) is 4.55 Å². The molecule has 22 heavy (non-hydrogen) atoms. The molecule has 134 valence electrons.